The summed E-state index contributed by atoms with van der Waals surface area (Å²) in [6, 6.07) is 0. The summed E-state index contributed by atoms with van der Waals surface area (Å²) in [5, 5.41) is 9.70. The Morgan fingerprint density at radius 1 is 1.29 bits per heavy atom. The molecule has 1 rings (SSSR count). The van der Waals surface area contributed by atoms with Crippen molar-refractivity contribution in [2.45, 2.75) is 71.3 Å². The van der Waals surface area contributed by atoms with Crippen LogP contribution in [0.5, 0.6) is 0 Å². The van der Waals surface area contributed by atoms with E-state index in [-0.39, 0.29) is 6.10 Å². The predicted molar refractivity (Wildman–Crippen MR) is 72.1 cm³/mol. The molecule has 1 N–H and O–H groups in total. The van der Waals surface area contributed by atoms with Crippen LogP contribution in [0, 0.1) is 11.8 Å². The highest BCUT2D eigenvalue weighted by Crippen LogP contribution is 2.28. The van der Waals surface area contributed by atoms with Gasteiger partial charge < -0.3 is 9.84 Å². The fraction of sp³-hybridized carbons (Fsp3) is 1.00. The Balaban J connectivity index is 2.01. The van der Waals surface area contributed by atoms with Crippen LogP contribution < -0.4 is 0 Å². The highest BCUT2D eigenvalue weighted by Gasteiger charge is 2.24. The Kier molecular flexibility index (Phi) is 7.87. The molecular weight excluding hydrogens is 212 g/mol. The molecule has 2 nitrogen and oxygen atoms in total. The average molecular weight is 242 g/mol. The molecule has 0 spiro atoms. The minimum atomic E-state index is -0.0549. The molecule has 0 aromatic rings. The van der Waals surface area contributed by atoms with Crippen LogP contribution in [-0.2, 0) is 4.74 Å². The van der Waals surface area contributed by atoms with E-state index in [0.29, 0.717) is 5.92 Å². The summed E-state index contributed by atoms with van der Waals surface area (Å²) in [4.78, 5) is 0. The third kappa shape index (κ3) is 5.87. The Morgan fingerprint density at radius 2 is 2.12 bits per heavy atom. The van der Waals surface area contributed by atoms with Gasteiger partial charge in [-0.3, -0.25) is 0 Å². The lowest BCUT2D eigenvalue weighted by molar-refractivity contribution is 0.0616. The van der Waals surface area contributed by atoms with Crippen LogP contribution in [0.4, 0.5) is 0 Å². The topological polar surface area (TPSA) is 29.5 Å². The molecule has 102 valence electrons. The van der Waals surface area contributed by atoms with Gasteiger partial charge in [0.15, 0.2) is 0 Å². The van der Waals surface area contributed by atoms with Crippen LogP contribution in [0.1, 0.15) is 65.2 Å². The van der Waals surface area contributed by atoms with Crippen LogP contribution >= 0.6 is 0 Å². The first-order chi connectivity index (χ1) is 8.27. The van der Waals surface area contributed by atoms with E-state index >= 15 is 0 Å². The fourth-order valence-corrected chi connectivity index (χ4v) is 2.74. The molecule has 1 aliphatic carbocycles. The molecule has 0 bridgehead atoms. The van der Waals surface area contributed by atoms with Crippen molar-refractivity contribution in [1.29, 1.82) is 0 Å². The van der Waals surface area contributed by atoms with Gasteiger partial charge in [-0.05, 0) is 37.5 Å². The lowest BCUT2D eigenvalue weighted by Crippen LogP contribution is -2.16. The molecule has 0 aliphatic heterocycles. The number of hydrogen-bond acceptors (Lipinski definition) is 2. The van der Waals surface area contributed by atoms with Crippen molar-refractivity contribution in [1.82, 2.24) is 0 Å². The highest BCUT2D eigenvalue weighted by atomic mass is 16.5. The number of unbranched alkanes of at least 4 members (excludes halogenated alkanes) is 1. The maximum absolute atomic E-state index is 9.70. The van der Waals surface area contributed by atoms with Gasteiger partial charge in [0.2, 0.25) is 0 Å². The zero-order chi connectivity index (χ0) is 12.5. The maximum atomic E-state index is 9.70. The number of hydrogen-bond donors (Lipinski definition) is 1. The molecule has 17 heavy (non-hydrogen) atoms. The third-order valence-corrected chi connectivity index (χ3v) is 4.15. The monoisotopic (exact) mass is 242 g/mol. The molecule has 0 aromatic heterocycles. The minimum Gasteiger partial charge on any atom is -0.393 e. The molecule has 0 heterocycles. The Bertz CT molecular complexity index is 182. The third-order valence-electron chi connectivity index (χ3n) is 4.15. The lowest BCUT2D eigenvalue weighted by atomic mass is 10.0. The van der Waals surface area contributed by atoms with E-state index in [2.05, 4.69) is 13.8 Å². The Morgan fingerprint density at radius 3 is 2.71 bits per heavy atom. The summed E-state index contributed by atoms with van der Waals surface area (Å²) in [6.07, 6.45) is 9.52. The van der Waals surface area contributed by atoms with Crippen molar-refractivity contribution >= 4 is 0 Å². The summed E-state index contributed by atoms with van der Waals surface area (Å²) in [5.74, 6) is 1.24. The minimum absolute atomic E-state index is 0.0549. The second-order valence-corrected chi connectivity index (χ2v) is 5.54. The molecule has 1 fully saturated rings. The molecule has 3 unspecified atom stereocenters. The van der Waals surface area contributed by atoms with Crippen molar-refractivity contribution in [2.24, 2.45) is 11.8 Å². The molecule has 2 heteroatoms. The van der Waals surface area contributed by atoms with Gasteiger partial charge >= 0.3 is 0 Å². The smallest absolute Gasteiger partial charge is 0.0569 e. The molecule has 1 aliphatic rings. The van der Waals surface area contributed by atoms with E-state index in [4.69, 9.17) is 4.74 Å². The zero-order valence-electron chi connectivity index (χ0n) is 11.7. The molecule has 0 radical (unpaired) electrons. The van der Waals surface area contributed by atoms with E-state index in [1.165, 1.54) is 38.5 Å². The lowest BCUT2D eigenvalue weighted by Gasteiger charge is -2.17. The Labute approximate surface area is 107 Å². The second-order valence-electron chi connectivity index (χ2n) is 5.54. The highest BCUT2D eigenvalue weighted by molar-refractivity contribution is 4.76. The van der Waals surface area contributed by atoms with Gasteiger partial charge in [0.05, 0.1) is 6.10 Å². The Hall–Kier alpha value is -0.0800. The number of ether oxygens (including phenoxy) is 1. The molecule has 0 saturated heterocycles. The van der Waals surface area contributed by atoms with Crippen LogP contribution in [0.15, 0.2) is 0 Å². The first-order valence-corrected chi connectivity index (χ1v) is 7.53. The van der Waals surface area contributed by atoms with Crippen molar-refractivity contribution in [3.8, 4) is 0 Å². The number of aliphatic hydroxyl groups is 1. The number of rotatable bonds is 9. The van der Waals surface area contributed by atoms with E-state index < -0.39 is 0 Å². The van der Waals surface area contributed by atoms with Crippen LogP contribution in [0.25, 0.3) is 0 Å². The predicted octanol–water partition coefficient (Wildman–Crippen LogP) is 3.77. The van der Waals surface area contributed by atoms with Gasteiger partial charge in [-0.1, -0.05) is 39.5 Å². The SMILES string of the molecule is CCCCC(CC)COCCC1CCCC1O. The molecule has 1 saturated carbocycles. The molecule has 0 amide bonds. The summed E-state index contributed by atoms with van der Waals surface area (Å²) < 4.78 is 5.78. The van der Waals surface area contributed by atoms with Gasteiger partial charge in [0.1, 0.15) is 0 Å². The second kappa shape index (κ2) is 8.93. The quantitative estimate of drug-likeness (QED) is 0.624. The number of aliphatic hydroxyl groups excluding tert-OH is 1. The van der Waals surface area contributed by atoms with Crippen molar-refractivity contribution in [3.63, 3.8) is 0 Å². The van der Waals surface area contributed by atoms with Crippen molar-refractivity contribution < 1.29 is 9.84 Å². The largest absolute Gasteiger partial charge is 0.393 e. The van der Waals surface area contributed by atoms with E-state index in [1.807, 2.05) is 0 Å². The van der Waals surface area contributed by atoms with Gasteiger partial charge in [-0.2, -0.15) is 0 Å². The normalized spacial score (nSPS) is 26.3. The average Bonchev–Trinajstić information content (AvgIpc) is 2.74. The van der Waals surface area contributed by atoms with Gasteiger partial charge in [-0.15, -0.1) is 0 Å². The van der Waals surface area contributed by atoms with Crippen LogP contribution in [-0.4, -0.2) is 24.4 Å². The van der Waals surface area contributed by atoms with Crippen molar-refractivity contribution in [2.75, 3.05) is 13.2 Å². The maximum Gasteiger partial charge on any atom is 0.0569 e. The summed E-state index contributed by atoms with van der Waals surface area (Å²) in [7, 11) is 0. The molecular formula is C15H30O2. The fourth-order valence-electron chi connectivity index (χ4n) is 2.74. The molecule has 0 aromatic carbocycles. The van der Waals surface area contributed by atoms with E-state index in [9.17, 15) is 5.11 Å². The van der Waals surface area contributed by atoms with Crippen molar-refractivity contribution in [3.05, 3.63) is 0 Å². The summed E-state index contributed by atoms with van der Waals surface area (Å²) >= 11 is 0. The van der Waals surface area contributed by atoms with E-state index in [0.717, 1.165) is 32.0 Å². The van der Waals surface area contributed by atoms with Gasteiger partial charge in [0.25, 0.3) is 0 Å². The van der Waals surface area contributed by atoms with Gasteiger partial charge in [0, 0.05) is 13.2 Å². The summed E-state index contributed by atoms with van der Waals surface area (Å²) in [5.41, 5.74) is 0. The van der Waals surface area contributed by atoms with Crippen LogP contribution in [0.3, 0.4) is 0 Å². The van der Waals surface area contributed by atoms with Gasteiger partial charge in [-0.25, -0.2) is 0 Å². The zero-order valence-corrected chi connectivity index (χ0v) is 11.7. The molecule has 3 atom stereocenters. The van der Waals surface area contributed by atoms with Crippen LogP contribution in [0.2, 0.25) is 0 Å². The van der Waals surface area contributed by atoms with E-state index in [1.54, 1.807) is 0 Å². The first kappa shape index (κ1) is 15.0. The standard InChI is InChI=1S/C15H30O2/c1-3-5-7-13(4-2)12-17-11-10-14-8-6-9-15(14)16/h13-16H,3-12H2,1-2H3. The summed E-state index contributed by atoms with van der Waals surface area (Å²) in [6.45, 7) is 6.25. The first-order valence-electron chi connectivity index (χ1n) is 7.53.